The fourth-order valence-corrected chi connectivity index (χ4v) is 2.91. The van der Waals surface area contributed by atoms with Crippen LogP contribution >= 0.6 is 0 Å². The molecular weight excluding hydrogens is 579 g/mol. The first-order valence-corrected chi connectivity index (χ1v) is 15.1. The van der Waals surface area contributed by atoms with Gasteiger partial charge in [-0.2, -0.15) is 0 Å². The normalized spacial score (nSPS) is 10.2. The van der Waals surface area contributed by atoms with Gasteiger partial charge in [0, 0.05) is 82.3 Å². The molecule has 4 rings (SSSR count). The van der Waals surface area contributed by atoms with E-state index in [0.717, 1.165) is 21.8 Å². The quantitative estimate of drug-likeness (QED) is 0.146. The number of nitrogens with zero attached hydrogens (tertiary/aromatic N) is 4. The molecule has 3 heterocycles. The minimum Gasteiger partial charge on any atom is -1.00 e. The zero-order valence-corrected chi connectivity index (χ0v) is 24.3. The van der Waals surface area contributed by atoms with Crippen molar-refractivity contribution in [3.8, 4) is 0 Å². The maximum atomic E-state index is 9.56. The fraction of sp³-hybridized carbons (Fsp3) is 0.381. The highest BCUT2D eigenvalue weighted by Crippen LogP contribution is 2.30. The average molecular weight is 611 g/mol. The molecule has 0 aliphatic carbocycles. The molecule has 4 aromatic rings. The van der Waals surface area contributed by atoms with Gasteiger partial charge in [0.15, 0.2) is 11.0 Å². The number of imidazole rings is 1. The predicted molar refractivity (Wildman–Crippen MR) is 135 cm³/mol. The Morgan fingerprint density at radius 2 is 1.16 bits per heavy atom. The van der Waals surface area contributed by atoms with Crippen molar-refractivity contribution >= 4 is 65.2 Å². The van der Waals surface area contributed by atoms with Crippen LogP contribution in [0, 0.1) is 0 Å². The Morgan fingerprint density at radius 3 is 1.59 bits per heavy atom. The molecule has 1 aromatic carbocycles. The van der Waals surface area contributed by atoms with Crippen LogP contribution < -0.4 is 28.5 Å². The minimum atomic E-state index is -0.611. The second kappa shape index (κ2) is 14.8. The summed E-state index contributed by atoms with van der Waals surface area (Å²) in [7, 11) is 2.30. The lowest BCUT2D eigenvalue weighted by Crippen LogP contribution is -3.00. The van der Waals surface area contributed by atoms with Gasteiger partial charge in [0.2, 0.25) is 6.33 Å². The van der Waals surface area contributed by atoms with E-state index < -0.39 is 32.4 Å². The molecule has 0 amide bonds. The van der Waals surface area contributed by atoms with Gasteiger partial charge in [-0.3, -0.25) is 22.6 Å². The summed E-state index contributed by atoms with van der Waals surface area (Å²) in [5, 5.41) is 2.29. The topological polar surface area (TPSA) is 85.8 Å². The standard InChI is InChI=1S/C15H13N4.3C2H6OS.HI/c1-18-9-19(2)15-11-6-4-8-17-13(11)12-10(14(15)18)5-3-7-16-12;3*1-4(2)3;/h3-9H,1-2H3;3*1-2H3;1H/q+1;;;;/p-1. The Hall–Kier alpha value is -1.31. The minimum absolute atomic E-state index is 0. The zero-order chi connectivity index (χ0) is 23.7. The smallest absolute Gasteiger partial charge is 0.244 e. The molecule has 0 bridgehead atoms. The zero-order valence-electron chi connectivity index (χ0n) is 19.7. The van der Waals surface area contributed by atoms with Crippen molar-refractivity contribution in [1.82, 2.24) is 14.5 Å². The van der Waals surface area contributed by atoms with Crippen LogP contribution in [0.4, 0.5) is 0 Å². The second-order valence-electron chi connectivity index (χ2n) is 7.06. The highest BCUT2D eigenvalue weighted by Gasteiger charge is 2.19. The summed E-state index contributed by atoms with van der Waals surface area (Å²) < 4.78 is 33.0. The van der Waals surface area contributed by atoms with E-state index in [1.807, 2.05) is 24.5 Å². The van der Waals surface area contributed by atoms with Crippen molar-refractivity contribution < 1.29 is 41.2 Å². The lowest BCUT2D eigenvalue weighted by Gasteiger charge is -2.03. The van der Waals surface area contributed by atoms with Crippen molar-refractivity contribution in [3.63, 3.8) is 0 Å². The maximum absolute atomic E-state index is 9.56. The monoisotopic (exact) mass is 610 g/mol. The number of aromatic nitrogens is 4. The Balaban J connectivity index is 0.000000624. The van der Waals surface area contributed by atoms with Crippen molar-refractivity contribution in [2.45, 2.75) is 0 Å². The summed E-state index contributed by atoms with van der Waals surface area (Å²) in [6.45, 7) is 0. The highest BCUT2D eigenvalue weighted by molar-refractivity contribution is 7.83. The summed E-state index contributed by atoms with van der Waals surface area (Å²) in [6.07, 6.45) is 15.6. The van der Waals surface area contributed by atoms with E-state index in [2.05, 4.69) is 51.7 Å². The lowest BCUT2D eigenvalue weighted by atomic mass is 10.1. The molecule has 0 spiro atoms. The SMILES string of the molecule is CS(C)=O.CS(C)=O.CS(C)=O.Cn1c[n+](C)c2c3cccnc3c3ncccc3c21.[I-]. The predicted octanol–water partition coefficient (Wildman–Crippen LogP) is -0.913. The fourth-order valence-electron chi connectivity index (χ4n) is 2.91. The van der Waals surface area contributed by atoms with Crippen molar-refractivity contribution in [2.24, 2.45) is 14.1 Å². The molecule has 32 heavy (non-hydrogen) atoms. The Morgan fingerprint density at radius 1 is 0.781 bits per heavy atom. The van der Waals surface area contributed by atoms with E-state index in [-0.39, 0.29) is 24.0 Å². The van der Waals surface area contributed by atoms with E-state index in [0.29, 0.717) is 0 Å². The van der Waals surface area contributed by atoms with Gasteiger partial charge in [0.25, 0.3) is 0 Å². The molecule has 0 N–H and O–H groups in total. The van der Waals surface area contributed by atoms with Gasteiger partial charge in [-0.05, 0) is 24.3 Å². The molecule has 0 aliphatic rings. The van der Waals surface area contributed by atoms with E-state index >= 15 is 0 Å². The number of hydrogen-bond donors (Lipinski definition) is 0. The molecule has 0 saturated carbocycles. The Kier molecular flexibility index (Phi) is 14.2. The molecule has 178 valence electrons. The van der Waals surface area contributed by atoms with Crippen LogP contribution in [0.2, 0.25) is 0 Å². The van der Waals surface area contributed by atoms with Gasteiger partial charge >= 0.3 is 0 Å². The van der Waals surface area contributed by atoms with Crippen molar-refractivity contribution in [3.05, 3.63) is 43.0 Å². The van der Waals surface area contributed by atoms with Crippen LogP contribution in [0.5, 0.6) is 0 Å². The Bertz CT molecular complexity index is 1130. The van der Waals surface area contributed by atoms with Gasteiger partial charge in [-0.1, -0.05) is 0 Å². The molecule has 3 aromatic heterocycles. The second-order valence-corrected chi connectivity index (χ2v) is 11.5. The third kappa shape index (κ3) is 9.28. The molecule has 0 atom stereocenters. The first-order valence-electron chi connectivity index (χ1n) is 9.18. The lowest BCUT2D eigenvalue weighted by molar-refractivity contribution is -0.644. The van der Waals surface area contributed by atoms with Crippen molar-refractivity contribution in [2.75, 3.05) is 37.5 Å². The number of halogens is 1. The molecule has 0 unspecified atom stereocenters. The number of benzene rings is 1. The largest absolute Gasteiger partial charge is 1.00 e. The number of rotatable bonds is 0. The summed E-state index contributed by atoms with van der Waals surface area (Å²) in [5.41, 5.74) is 4.33. The molecule has 0 fully saturated rings. The van der Waals surface area contributed by atoms with Crippen molar-refractivity contribution in [1.29, 1.82) is 0 Å². The van der Waals surface area contributed by atoms with E-state index in [1.165, 1.54) is 11.0 Å². The number of hydrogen-bond acceptors (Lipinski definition) is 5. The van der Waals surface area contributed by atoms with E-state index in [4.69, 9.17) is 0 Å². The van der Waals surface area contributed by atoms with Gasteiger partial charge in [0.1, 0.15) is 11.0 Å². The first-order chi connectivity index (χ1) is 14.5. The maximum Gasteiger partial charge on any atom is 0.244 e. The van der Waals surface area contributed by atoms with E-state index in [9.17, 15) is 12.6 Å². The highest BCUT2D eigenvalue weighted by atomic mass is 127. The number of fused-ring (bicyclic) bond motifs is 6. The van der Waals surface area contributed by atoms with Gasteiger partial charge in [-0.15, -0.1) is 0 Å². The summed E-state index contributed by atoms with van der Waals surface area (Å²) >= 11 is 0. The molecule has 0 aliphatic heterocycles. The molecule has 0 saturated heterocycles. The van der Waals surface area contributed by atoms with Gasteiger partial charge in [-0.25, -0.2) is 9.13 Å². The molecule has 0 radical (unpaired) electrons. The van der Waals surface area contributed by atoms with Crippen LogP contribution in [0.25, 0.3) is 32.8 Å². The summed E-state index contributed by atoms with van der Waals surface area (Å²) in [5.74, 6) is 0. The third-order valence-corrected chi connectivity index (χ3v) is 3.63. The summed E-state index contributed by atoms with van der Waals surface area (Å²) in [4.78, 5) is 9.05. The van der Waals surface area contributed by atoms with Gasteiger partial charge in [0.05, 0.1) is 24.9 Å². The first kappa shape index (κ1) is 30.7. The molecule has 11 heteroatoms. The summed E-state index contributed by atoms with van der Waals surface area (Å²) in [6, 6.07) is 8.17. The average Bonchev–Trinajstić information content (AvgIpc) is 2.95. The van der Waals surface area contributed by atoms with Crippen LogP contribution in [-0.4, -0.2) is 64.7 Å². The number of pyridine rings is 2. The van der Waals surface area contributed by atoms with E-state index in [1.54, 1.807) is 37.5 Å². The van der Waals surface area contributed by atoms with Crippen LogP contribution in [0.3, 0.4) is 0 Å². The van der Waals surface area contributed by atoms with Crippen LogP contribution in [0.1, 0.15) is 0 Å². The number of aryl methyl sites for hydroxylation is 2. The third-order valence-electron chi connectivity index (χ3n) is 3.63. The molecular formula is C21H31IN4O3S3. The molecule has 7 nitrogen and oxygen atoms in total. The van der Waals surface area contributed by atoms with Crippen LogP contribution in [0.15, 0.2) is 43.0 Å². The van der Waals surface area contributed by atoms with Crippen LogP contribution in [-0.2, 0) is 46.5 Å². The Labute approximate surface area is 214 Å². The van der Waals surface area contributed by atoms with Gasteiger partial charge < -0.3 is 24.0 Å².